The molecule has 1 saturated heterocycles. The van der Waals surface area contributed by atoms with Gasteiger partial charge in [-0.2, -0.15) is 0 Å². The van der Waals surface area contributed by atoms with E-state index < -0.39 is 0 Å². The third-order valence-corrected chi connectivity index (χ3v) is 8.36. The summed E-state index contributed by atoms with van der Waals surface area (Å²) in [5.41, 5.74) is 6.37. The van der Waals surface area contributed by atoms with Crippen LogP contribution in [0.4, 0.5) is 0 Å². The van der Waals surface area contributed by atoms with E-state index in [2.05, 4.69) is 41.7 Å². The van der Waals surface area contributed by atoms with E-state index in [1.165, 1.54) is 5.56 Å². The van der Waals surface area contributed by atoms with Gasteiger partial charge in [0.25, 0.3) is 5.91 Å². The number of hydrogen-bond acceptors (Lipinski definition) is 4. The van der Waals surface area contributed by atoms with E-state index in [1.807, 2.05) is 60.2 Å². The molecule has 2 atom stereocenters. The van der Waals surface area contributed by atoms with E-state index in [1.54, 1.807) is 6.92 Å². The second-order valence-electron chi connectivity index (χ2n) is 11.1. The lowest BCUT2D eigenvalue weighted by molar-refractivity contribution is -0.132. The number of piperazine rings is 1. The van der Waals surface area contributed by atoms with Gasteiger partial charge in [0.05, 0.1) is 17.7 Å². The zero-order chi connectivity index (χ0) is 28.9. The first kappa shape index (κ1) is 28.9. The molecule has 6 nitrogen and oxygen atoms in total. The van der Waals surface area contributed by atoms with Crippen LogP contribution >= 0.6 is 11.6 Å². The van der Waals surface area contributed by atoms with Gasteiger partial charge in [-0.1, -0.05) is 72.3 Å². The van der Waals surface area contributed by atoms with Gasteiger partial charge in [-0.05, 0) is 59.7 Å². The summed E-state index contributed by atoms with van der Waals surface area (Å²) in [6, 6.07) is 24.4. The van der Waals surface area contributed by atoms with E-state index >= 15 is 0 Å². The Morgan fingerprint density at radius 3 is 2.46 bits per heavy atom. The van der Waals surface area contributed by atoms with Gasteiger partial charge in [0.15, 0.2) is 0 Å². The smallest absolute Gasteiger partial charge is 0.251 e. The van der Waals surface area contributed by atoms with Crippen LogP contribution < -0.4 is 10.1 Å². The average molecular weight is 572 g/mol. The molecule has 0 aliphatic carbocycles. The van der Waals surface area contributed by atoms with Crippen LogP contribution in [0.2, 0.25) is 5.02 Å². The highest BCUT2D eigenvalue weighted by Gasteiger charge is 2.39. The first-order chi connectivity index (χ1) is 19.8. The Morgan fingerprint density at radius 1 is 1.00 bits per heavy atom. The zero-order valence-corrected chi connectivity index (χ0v) is 24.8. The molecule has 5 rings (SSSR count). The number of benzene rings is 3. The number of amides is 2. The summed E-state index contributed by atoms with van der Waals surface area (Å²) in [6.07, 6.45) is 2.23. The van der Waals surface area contributed by atoms with Crippen LogP contribution in [0, 0.1) is 6.92 Å². The van der Waals surface area contributed by atoms with Gasteiger partial charge in [-0.15, -0.1) is 0 Å². The predicted octanol–water partition coefficient (Wildman–Crippen LogP) is 5.32. The van der Waals surface area contributed by atoms with Crippen molar-refractivity contribution in [3.8, 4) is 5.75 Å². The lowest BCUT2D eigenvalue weighted by Crippen LogP contribution is -2.61. The van der Waals surface area contributed by atoms with Gasteiger partial charge in [-0.25, -0.2) is 0 Å². The van der Waals surface area contributed by atoms with Crippen molar-refractivity contribution in [3.63, 3.8) is 0 Å². The number of fused-ring (bicyclic) bond motifs is 2. The molecule has 3 aromatic rings. The normalized spacial score (nSPS) is 18.3. The summed E-state index contributed by atoms with van der Waals surface area (Å²) in [4.78, 5) is 29.9. The number of rotatable bonds is 9. The van der Waals surface area contributed by atoms with Gasteiger partial charge < -0.3 is 19.9 Å². The molecular weight excluding hydrogens is 534 g/mol. The fraction of sp³-hybridized carbons (Fsp3) is 0.353. The lowest BCUT2D eigenvalue weighted by atomic mass is 9.82. The van der Waals surface area contributed by atoms with Crippen LogP contribution in [0.3, 0.4) is 0 Å². The van der Waals surface area contributed by atoms with Crippen LogP contribution in [0.15, 0.2) is 78.4 Å². The molecule has 1 N–H and O–H groups in total. The number of carbonyl (C=O) groups is 2. The zero-order valence-electron chi connectivity index (χ0n) is 24.0. The van der Waals surface area contributed by atoms with Crippen LogP contribution in [-0.2, 0) is 22.4 Å². The summed E-state index contributed by atoms with van der Waals surface area (Å²) < 4.78 is 5.95. The Kier molecular flexibility index (Phi) is 9.11. The van der Waals surface area contributed by atoms with Crippen molar-refractivity contribution in [2.24, 2.45) is 0 Å². The summed E-state index contributed by atoms with van der Waals surface area (Å²) in [7, 11) is 1.87. The minimum Gasteiger partial charge on any atom is -0.492 e. The highest BCUT2D eigenvalue weighted by molar-refractivity contribution is 6.32. The highest BCUT2D eigenvalue weighted by Crippen LogP contribution is 2.34. The first-order valence-electron chi connectivity index (χ1n) is 14.3. The second-order valence-corrected chi connectivity index (χ2v) is 11.5. The molecule has 2 aliphatic heterocycles. The Balaban J connectivity index is 1.34. The Hall–Kier alpha value is -3.61. The van der Waals surface area contributed by atoms with Gasteiger partial charge >= 0.3 is 0 Å². The van der Waals surface area contributed by atoms with Crippen molar-refractivity contribution in [1.82, 2.24) is 15.1 Å². The molecule has 0 radical (unpaired) electrons. The third-order valence-electron chi connectivity index (χ3n) is 8.04. The fourth-order valence-electron chi connectivity index (χ4n) is 5.75. The van der Waals surface area contributed by atoms with Crippen molar-refractivity contribution >= 4 is 29.0 Å². The fourth-order valence-corrected chi connectivity index (χ4v) is 5.92. The van der Waals surface area contributed by atoms with Crippen LogP contribution in [0.5, 0.6) is 5.75 Å². The molecule has 1 fully saturated rings. The van der Waals surface area contributed by atoms with Crippen LogP contribution in [-0.4, -0.2) is 67.0 Å². The molecule has 0 spiro atoms. The number of hydrogen-bond donors (Lipinski definition) is 1. The lowest BCUT2D eigenvalue weighted by Gasteiger charge is -2.44. The van der Waals surface area contributed by atoms with Crippen molar-refractivity contribution in [3.05, 3.63) is 106 Å². The summed E-state index contributed by atoms with van der Waals surface area (Å²) in [6.45, 7) is 5.92. The van der Waals surface area contributed by atoms with E-state index in [0.29, 0.717) is 43.4 Å². The number of ether oxygens (including phenoxy) is 1. The largest absolute Gasteiger partial charge is 0.492 e. The van der Waals surface area contributed by atoms with Gasteiger partial charge in [-0.3, -0.25) is 9.59 Å². The summed E-state index contributed by atoms with van der Waals surface area (Å²) in [5.74, 6) is 0.770. The molecule has 7 heteroatoms. The number of carbonyl (C=O) groups excluding carboxylic acids is 2. The topological polar surface area (TPSA) is 61.9 Å². The number of nitrogens with zero attached hydrogens (tertiary/aromatic N) is 2. The molecule has 214 valence electrons. The van der Waals surface area contributed by atoms with Crippen molar-refractivity contribution < 1.29 is 14.3 Å². The standard InChI is InChI=1S/C34H38ClN3O3/c1-23-9-14-30(35)32(19-23)41-18-16-26-10-12-27(13-11-26)29-20-28-21-38(24(2)39)22-31(36-28)33(29)34(40)37(3)17-15-25-7-5-4-6-8-25/h4-14,19,28,31,36H,15-18,20-22H2,1-3H3/t28-,31-/m1/s1. The number of aryl methyl sites for hydroxylation is 1. The third kappa shape index (κ3) is 7.00. The molecule has 2 amide bonds. The number of halogens is 1. The second kappa shape index (κ2) is 12.9. The van der Waals surface area contributed by atoms with E-state index in [4.69, 9.17) is 16.3 Å². The molecule has 0 aromatic heterocycles. The number of likely N-dealkylation sites (N-methyl/N-ethyl adjacent to an activating group) is 1. The van der Waals surface area contributed by atoms with Crippen LogP contribution in [0.1, 0.15) is 35.6 Å². The van der Waals surface area contributed by atoms with Crippen molar-refractivity contribution in [2.45, 2.75) is 45.2 Å². The quantitative estimate of drug-likeness (QED) is 0.378. The minimum absolute atomic E-state index is 0.0183. The maximum absolute atomic E-state index is 14.0. The highest BCUT2D eigenvalue weighted by atomic mass is 35.5. The Labute approximate surface area is 247 Å². The van der Waals surface area contributed by atoms with E-state index in [-0.39, 0.29) is 23.9 Å². The van der Waals surface area contributed by atoms with E-state index in [9.17, 15) is 9.59 Å². The van der Waals surface area contributed by atoms with Gasteiger partial charge in [0.2, 0.25) is 5.91 Å². The molecule has 2 heterocycles. The van der Waals surface area contributed by atoms with Crippen molar-refractivity contribution in [2.75, 3.05) is 33.3 Å². The SMILES string of the molecule is CC(=O)N1C[C@H]2CC(c3ccc(CCOc4cc(C)ccc4Cl)cc3)=C(C(=O)N(C)CCc3ccccc3)[C@@H](C1)N2. The Bertz CT molecular complexity index is 1420. The maximum Gasteiger partial charge on any atom is 0.251 e. The monoisotopic (exact) mass is 571 g/mol. The minimum atomic E-state index is -0.194. The predicted molar refractivity (Wildman–Crippen MR) is 164 cm³/mol. The average Bonchev–Trinajstić information content (AvgIpc) is 2.97. The summed E-state index contributed by atoms with van der Waals surface area (Å²) >= 11 is 6.28. The molecular formula is C34H38ClN3O3. The Morgan fingerprint density at radius 2 is 1.73 bits per heavy atom. The van der Waals surface area contributed by atoms with Gasteiger partial charge in [0, 0.05) is 51.6 Å². The molecule has 2 aliphatic rings. The molecule has 2 bridgehead atoms. The molecule has 0 unspecified atom stereocenters. The van der Waals surface area contributed by atoms with Gasteiger partial charge in [0.1, 0.15) is 5.75 Å². The van der Waals surface area contributed by atoms with Crippen molar-refractivity contribution in [1.29, 1.82) is 0 Å². The maximum atomic E-state index is 14.0. The number of nitrogens with one attached hydrogen (secondary N) is 1. The molecule has 0 saturated carbocycles. The molecule has 3 aromatic carbocycles. The van der Waals surface area contributed by atoms with E-state index in [0.717, 1.165) is 40.7 Å². The summed E-state index contributed by atoms with van der Waals surface area (Å²) in [5, 5.41) is 4.25. The molecule has 41 heavy (non-hydrogen) atoms. The van der Waals surface area contributed by atoms with Crippen LogP contribution in [0.25, 0.3) is 5.57 Å². The first-order valence-corrected chi connectivity index (χ1v) is 14.7.